The molecule has 2 aromatic carbocycles. The Morgan fingerprint density at radius 1 is 1.17 bits per heavy atom. The van der Waals surface area contributed by atoms with Gasteiger partial charge in [-0.2, -0.15) is 22.5 Å². The summed E-state index contributed by atoms with van der Waals surface area (Å²) in [6.45, 7) is 3.23. The average molecular weight is 405 g/mol. The molecule has 10 heteroatoms. The summed E-state index contributed by atoms with van der Waals surface area (Å²) >= 11 is 0. The molecule has 3 aromatic rings. The number of halogens is 3. The third-order valence-electron chi connectivity index (χ3n) is 4.43. The Bertz CT molecular complexity index is 1130. The van der Waals surface area contributed by atoms with Crippen LogP contribution in [-0.4, -0.2) is 30.6 Å². The van der Waals surface area contributed by atoms with E-state index >= 15 is 0 Å². The average Bonchev–Trinajstić information content (AvgIpc) is 2.99. The van der Waals surface area contributed by atoms with Crippen LogP contribution in [0.4, 0.5) is 13.2 Å². The highest BCUT2D eigenvalue weighted by molar-refractivity contribution is 5.99. The van der Waals surface area contributed by atoms with E-state index in [0.717, 1.165) is 21.5 Å². The molecule has 1 heterocycles. The molecule has 1 aromatic heterocycles. The number of aliphatic hydroxyl groups excluding tert-OH is 1. The molecule has 0 aliphatic rings. The third-order valence-corrected chi connectivity index (χ3v) is 4.43. The van der Waals surface area contributed by atoms with E-state index < -0.39 is 23.7 Å². The highest BCUT2D eigenvalue weighted by Gasteiger charge is 2.30. The fourth-order valence-corrected chi connectivity index (χ4v) is 2.89. The molecule has 0 bridgehead atoms. The summed E-state index contributed by atoms with van der Waals surface area (Å²) in [6, 6.07) is 9.68. The predicted molar refractivity (Wildman–Crippen MR) is 100.0 cm³/mol. The summed E-state index contributed by atoms with van der Waals surface area (Å²) in [5, 5.41) is 18.2. The van der Waals surface area contributed by atoms with E-state index in [9.17, 15) is 23.1 Å². The number of benzene rings is 2. The van der Waals surface area contributed by atoms with Gasteiger partial charge in [0.1, 0.15) is 0 Å². The van der Waals surface area contributed by atoms with E-state index in [-0.39, 0.29) is 17.0 Å². The van der Waals surface area contributed by atoms with Crippen LogP contribution in [0.2, 0.25) is 0 Å². The Hall–Kier alpha value is -3.27. The fourth-order valence-electron chi connectivity index (χ4n) is 2.89. The normalized spacial score (nSPS) is 13.6. The molecule has 0 saturated carbocycles. The summed E-state index contributed by atoms with van der Waals surface area (Å²) in [5.74, 6) is 0. The first-order chi connectivity index (χ1) is 13.6. The summed E-state index contributed by atoms with van der Waals surface area (Å²) < 4.78 is 40.9. The van der Waals surface area contributed by atoms with Crippen LogP contribution in [-0.2, 0) is 13.2 Å². The monoisotopic (exact) mass is 405 g/mol. The SMILES string of the molecule is CC(=NC(O)c1c(C)cccc1-n1nnn(C)c1=O)c1cccc(C(F)(F)F)c1. The van der Waals surface area contributed by atoms with Gasteiger partial charge in [-0.25, -0.2) is 4.79 Å². The second-order valence-electron chi connectivity index (χ2n) is 6.47. The van der Waals surface area contributed by atoms with Crippen molar-refractivity contribution in [2.45, 2.75) is 26.3 Å². The van der Waals surface area contributed by atoms with E-state index in [0.29, 0.717) is 11.1 Å². The van der Waals surface area contributed by atoms with E-state index in [4.69, 9.17) is 0 Å². The lowest BCUT2D eigenvalue weighted by Gasteiger charge is -2.15. The zero-order valence-electron chi connectivity index (χ0n) is 15.8. The molecule has 0 aliphatic heterocycles. The molecule has 0 spiro atoms. The van der Waals surface area contributed by atoms with Crippen LogP contribution in [0.15, 0.2) is 52.3 Å². The Balaban J connectivity index is 2.05. The van der Waals surface area contributed by atoms with Crippen molar-refractivity contribution in [2.75, 3.05) is 0 Å². The molecule has 0 radical (unpaired) electrons. The number of hydrogen-bond acceptors (Lipinski definition) is 5. The minimum Gasteiger partial charge on any atom is -0.368 e. The fraction of sp³-hybridized carbons (Fsp3) is 0.263. The Kier molecular flexibility index (Phi) is 5.38. The molecule has 1 unspecified atom stereocenters. The minimum absolute atomic E-state index is 0.212. The Labute approximate surface area is 163 Å². The smallest absolute Gasteiger partial charge is 0.368 e. The highest BCUT2D eigenvalue weighted by Crippen LogP contribution is 2.30. The number of hydrogen-bond donors (Lipinski definition) is 1. The van der Waals surface area contributed by atoms with Gasteiger partial charge in [-0.1, -0.05) is 24.3 Å². The van der Waals surface area contributed by atoms with Crippen molar-refractivity contribution in [3.8, 4) is 5.69 Å². The second kappa shape index (κ2) is 7.63. The molecule has 29 heavy (non-hydrogen) atoms. The van der Waals surface area contributed by atoms with Crippen molar-refractivity contribution >= 4 is 5.71 Å². The minimum atomic E-state index is -4.48. The Morgan fingerprint density at radius 2 is 1.86 bits per heavy atom. The van der Waals surface area contributed by atoms with Gasteiger partial charge in [0.25, 0.3) is 0 Å². The first-order valence-electron chi connectivity index (χ1n) is 8.58. The molecule has 0 amide bonds. The maximum atomic E-state index is 13.0. The van der Waals surface area contributed by atoms with Crippen LogP contribution in [0.3, 0.4) is 0 Å². The van der Waals surface area contributed by atoms with Crippen molar-refractivity contribution in [2.24, 2.45) is 12.0 Å². The lowest BCUT2D eigenvalue weighted by atomic mass is 10.0. The van der Waals surface area contributed by atoms with Crippen molar-refractivity contribution in [3.05, 3.63) is 75.2 Å². The van der Waals surface area contributed by atoms with E-state index in [1.807, 2.05) is 0 Å². The maximum Gasteiger partial charge on any atom is 0.416 e. The van der Waals surface area contributed by atoms with Gasteiger partial charge >= 0.3 is 11.9 Å². The number of rotatable bonds is 4. The topological polar surface area (TPSA) is 85.3 Å². The van der Waals surface area contributed by atoms with Gasteiger partial charge < -0.3 is 5.11 Å². The van der Waals surface area contributed by atoms with Crippen molar-refractivity contribution in [1.29, 1.82) is 0 Å². The first-order valence-corrected chi connectivity index (χ1v) is 8.58. The van der Waals surface area contributed by atoms with Crippen LogP contribution >= 0.6 is 0 Å². The van der Waals surface area contributed by atoms with Crippen LogP contribution < -0.4 is 5.69 Å². The molecule has 152 valence electrons. The van der Waals surface area contributed by atoms with Crippen LogP contribution in [0.1, 0.15) is 35.4 Å². The predicted octanol–water partition coefficient (Wildman–Crippen LogP) is 2.79. The number of aliphatic hydroxyl groups is 1. The molecular formula is C19H18F3N5O2. The lowest BCUT2D eigenvalue weighted by Crippen LogP contribution is -2.23. The van der Waals surface area contributed by atoms with Gasteiger partial charge in [-0.05, 0) is 53.6 Å². The van der Waals surface area contributed by atoms with Gasteiger partial charge in [0.15, 0.2) is 6.23 Å². The maximum absolute atomic E-state index is 13.0. The number of aromatic nitrogens is 4. The van der Waals surface area contributed by atoms with Gasteiger partial charge in [0.05, 0.1) is 11.3 Å². The van der Waals surface area contributed by atoms with E-state index in [1.165, 1.54) is 26.1 Å². The molecular weight excluding hydrogens is 387 g/mol. The second-order valence-corrected chi connectivity index (χ2v) is 6.47. The molecule has 0 saturated heterocycles. The molecule has 0 aliphatic carbocycles. The van der Waals surface area contributed by atoms with Crippen molar-refractivity contribution in [3.63, 3.8) is 0 Å². The summed E-state index contributed by atoms with van der Waals surface area (Å²) in [4.78, 5) is 16.4. The van der Waals surface area contributed by atoms with Gasteiger partial charge in [-0.3, -0.25) is 4.99 Å². The van der Waals surface area contributed by atoms with Gasteiger partial charge in [0, 0.05) is 18.3 Å². The number of alkyl halides is 3. The zero-order valence-corrected chi connectivity index (χ0v) is 15.8. The van der Waals surface area contributed by atoms with Crippen molar-refractivity contribution in [1.82, 2.24) is 19.8 Å². The largest absolute Gasteiger partial charge is 0.416 e. The molecule has 1 atom stereocenters. The molecule has 0 fully saturated rings. The highest BCUT2D eigenvalue weighted by atomic mass is 19.4. The Morgan fingerprint density at radius 3 is 2.48 bits per heavy atom. The van der Waals surface area contributed by atoms with E-state index in [1.54, 1.807) is 25.1 Å². The third kappa shape index (κ3) is 4.11. The summed E-state index contributed by atoms with van der Waals surface area (Å²) in [6.07, 6.45) is -5.90. The molecule has 1 N–H and O–H groups in total. The van der Waals surface area contributed by atoms with E-state index in [2.05, 4.69) is 15.4 Å². The molecule has 7 nitrogen and oxygen atoms in total. The summed E-state index contributed by atoms with van der Waals surface area (Å²) in [7, 11) is 1.44. The quantitative estimate of drug-likeness (QED) is 0.677. The summed E-state index contributed by atoms with van der Waals surface area (Å²) in [5.41, 5.74) is 0.352. The number of nitrogens with zero attached hydrogens (tertiary/aromatic N) is 5. The van der Waals surface area contributed by atoms with Crippen LogP contribution in [0.25, 0.3) is 5.69 Å². The standard InChI is InChI=1S/C19H18F3N5O2/c1-11-6-4-9-15(27-18(29)26(3)24-25-27)16(11)17(28)23-12(2)13-7-5-8-14(10-13)19(20,21)22/h4-10,17,28H,1-3H3. The van der Waals surface area contributed by atoms with Crippen LogP contribution in [0, 0.1) is 6.92 Å². The first kappa shape index (κ1) is 20.5. The number of tetrazole rings is 1. The van der Waals surface area contributed by atoms with Gasteiger partial charge in [0.2, 0.25) is 0 Å². The van der Waals surface area contributed by atoms with Crippen molar-refractivity contribution < 1.29 is 18.3 Å². The zero-order chi connectivity index (χ0) is 21.3. The number of aryl methyl sites for hydroxylation is 2. The van der Waals surface area contributed by atoms with Crippen LogP contribution in [0.5, 0.6) is 0 Å². The van der Waals surface area contributed by atoms with Gasteiger partial charge in [-0.15, -0.1) is 0 Å². The molecule has 3 rings (SSSR count). The number of aliphatic imine (C=N–C) groups is 1. The lowest BCUT2D eigenvalue weighted by molar-refractivity contribution is -0.137.